The minimum Gasteiger partial charge on any atom is -0.356 e. The molecule has 0 radical (unpaired) electrons. The van der Waals surface area contributed by atoms with Crippen molar-refractivity contribution in [1.82, 2.24) is 5.32 Å². The summed E-state index contributed by atoms with van der Waals surface area (Å²) in [7, 11) is 0. The second-order valence-electron chi connectivity index (χ2n) is 4.84. The quantitative estimate of drug-likeness (QED) is 0.599. The second kappa shape index (κ2) is 8.37. The average Bonchev–Trinajstić information content (AvgIpc) is 3.05. The number of Topliss-reactive ketones (excluding diaryl/α,β-unsaturated/α-hetero) is 1. The highest BCUT2D eigenvalue weighted by molar-refractivity contribution is 7.12. The molecule has 0 spiro atoms. The molecule has 0 bridgehead atoms. The van der Waals surface area contributed by atoms with E-state index in [1.807, 2.05) is 29.6 Å². The smallest absolute Gasteiger partial charge is 0.220 e. The summed E-state index contributed by atoms with van der Waals surface area (Å²) in [5.74, 6) is -0.00240. The number of nitrogens with one attached hydrogen (secondary N) is 1. The van der Waals surface area contributed by atoms with E-state index in [2.05, 4.69) is 17.4 Å². The lowest BCUT2D eigenvalue weighted by Crippen LogP contribution is -2.25. The Hall–Kier alpha value is -1.94. The molecule has 3 nitrogen and oxygen atoms in total. The van der Waals surface area contributed by atoms with Gasteiger partial charge < -0.3 is 5.32 Å². The van der Waals surface area contributed by atoms with Crippen LogP contribution >= 0.6 is 11.3 Å². The van der Waals surface area contributed by atoms with E-state index in [1.165, 1.54) is 16.9 Å². The summed E-state index contributed by atoms with van der Waals surface area (Å²) in [6.07, 6.45) is 2.41. The number of rotatable bonds is 8. The molecular weight excluding hydrogens is 282 g/mol. The maximum Gasteiger partial charge on any atom is 0.220 e. The van der Waals surface area contributed by atoms with Crippen molar-refractivity contribution in [3.8, 4) is 0 Å². The zero-order chi connectivity index (χ0) is 14.9. The molecule has 1 amide bonds. The van der Waals surface area contributed by atoms with Crippen LogP contribution in [0.1, 0.15) is 34.5 Å². The number of benzene rings is 1. The van der Waals surface area contributed by atoms with Gasteiger partial charge in [0.15, 0.2) is 5.78 Å². The topological polar surface area (TPSA) is 46.2 Å². The van der Waals surface area contributed by atoms with E-state index in [0.29, 0.717) is 6.54 Å². The highest BCUT2D eigenvalue weighted by Gasteiger charge is 2.09. The Labute approximate surface area is 129 Å². The van der Waals surface area contributed by atoms with Gasteiger partial charge in [0.25, 0.3) is 0 Å². The molecule has 2 rings (SSSR count). The maximum absolute atomic E-state index is 11.8. The number of carbonyl (C=O) groups is 2. The zero-order valence-electron chi connectivity index (χ0n) is 11.9. The van der Waals surface area contributed by atoms with E-state index in [9.17, 15) is 9.59 Å². The zero-order valence-corrected chi connectivity index (χ0v) is 12.7. The normalized spacial score (nSPS) is 10.3. The molecule has 1 heterocycles. The molecule has 1 N–H and O–H groups in total. The van der Waals surface area contributed by atoms with Gasteiger partial charge in [0.1, 0.15) is 0 Å². The first-order valence-corrected chi connectivity index (χ1v) is 8.01. The van der Waals surface area contributed by atoms with E-state index >= 15 is 0 Å². The summed E-state index contributed by atoms with van der Waals surface area (Å²) in [5, 5.41) is 4.74. The Bertz CT molecular complexity index is 564. The van der Waals surface area contributed by atoms with E-state index < -0.39 is 0 Å². The van der Waals surface area contributed by atoms with Crippen LogP contribution < -0.4 is 5.32 Å². The van der Waals surface area contributed by atoms with Crippen molar-refractivity contribution in [3.05, 3.63) is 58.3 Å². The first-order chi connectivity index (χ1) is 10.3. The summed E-state index contributed by atoms with van der Waals surface area (Å²) in [5.41, 5.74) is 1.28. The van der Waals surface area contributed by atoms with Crippen LogP contribution in [-0.2, 0) is 11.2 Å². The lowest BCUT2D eigenvalue weighted by molar-refractivity contribution is -0.121. The van der Waals surface area contributed by atoms with Gasteiger partial charge in [0.05, 0.1) is 4.88 Å². The predicted molar refractivity (Wildman–Crippen MR) is 85.7 cm³/mol. The van der Waals surface area contributed by atoms with Crippen molar-refractivity contribution in [2.45, 2.75) is 25.7 Å². The number of ketones is 1. The molecule has 0 aliphatic rings. The lowest BCUT2D eigenvalue weighted by Gasteiger charge is -2.05. The molecule has 1 aromatic heterocycles. The van der Waals surface area contributed by atoms with Crippen molar-refractivity contribution in [2.24, 2.45) is 0 Å². The molecule has 0 atom stereocenters. The van der Waals surface area contributed by atoms with Gasteiger partial charge >= 0.3 is 0 Å². The van der Waals surface area contributed by atoms with Gasteiger partial charge in [-0.3, -0.25) is 9.59 Å². The monoisotopic (exact) mass is 301 g/mol. The third-order valence-corrected chi connectivity index (χ3v) is 4.09. The van der Waals surface area contributed by atoms with Crippen molar-refractivity contribution in [2.75, 3.05) is 6.54 Å². The maximum atomic E-state index is 11.8. The molecule has 110 valence electrons. The average molecular weight is 301 g/mol. The van der Waals surface area contributed by atoms with E-state index in [-0.39, 0.29) is 24.5 Å². The largest absolute Gasteiger partial charge is 0.356 e. The van der Waals surface area contributed by atoms with E-state index in [4.69, 9.17) is 0 Å². The molecule has 4 heteroatoms. The summed E-state index contributed by atoms with van der Waals surface area (Å²) in [4.78, 5) is 24.2. The van der Waals surface area contributed by atoms with Gasteiger partial charge in [-0.1, -0.05) is 36.4 Å². The summed E-state index contributed by atoms with van der Waals surface area (Å²) in [6, 6.07) is 13.8. The fourth-order valence-electron chi connectivity index (χ4n) is 2.04. The van der Waals surface area contributed by atoms with Gasteiger partial charge in [-0.15, -0.1) is 11.3 Å². The van der Waals surface area contributed by atoms with Gasteiger partial charge in [-0.25, -0.2) is 0 Å². The Morgan fingerprint density at radius 2 is 1.81 bits per heavy atom. The Morgan fingerprint density at radius 3 is 2.52 bits per heavy atom. The molecule has 21 heavy (non-hydrogen) atoms. The minimum absolute atomic E-state index is 0.0458. The molecule has 0 aliphatic carbocycles. The number of thiophene rings is 1. The Morgan fingerprint density at radius 1 is 1.00 bits per heavy atom. The first kappa shape index (κ1) is 15.4. The second-order valence-corrected chi connectivity index (χ2v) is 5.79. The highest BCUT2D eigenvalue weighted by atomic mass is 32.1. The van der Waals surface area contributed by atoms with Gasteiger partial charge in [0.2, 0.25) is 5.91 Å². The summed E-state index contributed by atoms with van der Waals surface area (Å²) in [6.45, 7) is 0.654. The van der Waals surface area contributed by atoms with Crippen molar-refractivity contribution in [1.29, 1.82) is 0 Å². The molecule has 1 aromatic carbocycles. The predicted octanol–water partition coefficient (Wildman–Crippen LogP) is 3.46. The van der Waals surface area contributed by atoms with Crippen LogP contribution in [0.15, 0.2) is 47.8 Å². The lowest BCUT2D eigenvalue weighted by atomic mass is 10.1. The number of carbonyl (C=O) groups excluding carboxylic acids is 2. The molecule has 0 aliphatic heterocycles. The van der Waals surface area contributed by atoms with Gasteiger partial charge in [-0.05, 0) is 29.9 Å². The first-order valence-electron chi connectivity index (χ1n) is 7.13. The van der Waals surface area contributed by atoms with Crippen LogP contribution in [0.25, 0.3) is 0 Å². The number of hydrogen-bond acceptors (Lipinski definition) is 3. The Balaban J connectivity index is 1.59. The van der Waals surface area contributed by atoms with Crippen LogP contribution in [-0.4, -0.2) is 18.2 Å². The molecular formula is C17H19NO2S. The fraction of sp³-hybridized carbons (Fsp3) is 0.294. The SMILES string of the molecule is O=C(CCC(=O)c1cccs1)NCCCc1ccccc1. The number of hydrogen-bond donors (Lipinski definition) is 1. The molecule has 0 saturated carbocycles. The Kier molecular flexibility index (Phi) is 6.16. The molecule has 0 fully saturated rings. The number of aryl methyl sites for hydroxylation is 1. The van der Waals surface area contributed by atoms with Crippen LogP contribution in [0.5, 0.6) is 0 Å². The minimum atomic E-state index is -0.0482. The molecule has 0 saturated heterocycles. The fourth-order valence-corrected chi connectivity index (χ4v) is 2.74. The van der Waals surface area contributed by atoms with Gasteiger partial charge in [0, 0.05) is 19.4 Å². The third kappa shape index (κ3) is 5.52. The van der Waals surface area contributed by atoms with Crippen LogP contribution in [0.2, 0.25) is 0 Å². The van der Waals surface area contributed by atoms with Crippen molar-refractivity contribution >= 4 is 23.0 Å². The van der Waals surface area contributed by atoms with Crippen molar-refractivity contribution in [3.63, 3.8) is 0 Å². The number of amides is 1. The van der Waals surface area contributed by atoms with E-state index in [1.54, 1.807) is 6.07 Å². The summed E-state index contributed by atoms with van der Waals surface area (Å²) < 4.78 is 0. The van der Waals surface area contributed by atoms with Crippen LogP contribution in [0, 0.1) is 0 Å². The van der Waals surface area contributed by atoms with Gasteiger partial charge in [-0.2, -0.15) is 0 Å². The van der Waals surface area contributed by atoms with Crippen molar-refractivity contribution < 1.29 is 9.59 Å². The standard InChI is InChI=1S/C17H19NO2S/c19-15(16-9-5-13-21-16)10-11-17(20)18-12-4-8-14-6-2-1-3-7-14/h1-3,5-7,9,13H,4,8,10-12H2,(H,18,20). The van der Waals surface area contributed by atoms with E-state index in [0.717, 1.165) is 17.7 Å². The molecule has 0 unspecified atom stereocenters. The van der Waals surface area contributed by atoms with Crippen LogP contribution in [0.4, 0.5) is 0 Å². The molecule has 2 aromatic rings. The van der Waals surface area contributed by atoms with Crippen LogP contribution in [0.3, 0.4) is 0 Å². The summed E-state index contributed by atoms with van der Waals surface area (Å²) >= 11 is 1.42. The third-order valence-electron chi connectivity index (χ3n) is 3.18. The highest BCUT2D eigenvalue weighted by Crippen LogP contribution is 2.12.